The van der Waals surface area contributed by atoms with E-state index in [1.165, 1.54) is 0 Å². The van der Waals surface area contributed by atoms with Gasteiger partial charge in [-0.25, -0.2) is 0 Å². The van der Waals surface area contributed by atoms with Gasteiger partial charge in [0, 0.05) is 26.9 Å². The first kappa shape index (κ1) is 14.8. The van der Waals surface area contributed by atoms with Crippen LogP contribution in [0.1, 0.15) is 31.8 Å². The zero-order valence-corrected chi connectivity index (χ0v) is 14.1. The van der Waals surface area contributed by atoms with Crippen LogP contribution in [-0.4, -0.2) is 11.6 Å². The van der Waals surface area contributed by atoms with E-state index in [-0.39, 0.29) is 11.6 Å². The molecule has 3 aromatic carbocycles. The van der Waals surface area contributed by atoms with Crippen molar-refractivity contribution in [2.75, 3.05) is 5.32 Å². The summed E-state index contributed by atoms with van der Waals surface area (Å²) >= 11 is 3.43. The van der Waals surface area contributed by atoms with Crippen molar-refractivity contribution in [3.05, 3.63) is 93.5 Å². The Bertz CT molecular complexity index is 994. The van der Waals surface area contributed by atoms with Crippen LogP contribution in [0.2, 0.25) is 0 Å². The molecule has 3 aromatic rings. The van der Waals surface area contributed by atoms with Crippen LogP contribution < -0.4 is 5.32 Å². The molecule has 0 radical (unpaired) electrons. The lowest BCUT2D eigenvalue weighted by Crippen LogP contribution is -2.22. The Kier molecular flexibility index (Phi) is 3.54. The van der Waals surface area contributed by atoms with Gasteiger partial charge in [0.2, 0.25) is 0 Å². The number of hydrogen-bond donors (Lipinski definition) is 1. The third-order valence-electron chi connectivity index (χ3n) is 4.06. The molecule has 116 valence electrons. The fourth-order valence-electron chi connectivity index (χ4n) is 2.97. The number of carbonyl (C=O) groups is 2. The van der Waals surface area contributed by atoms with Gasteiger partial charge in [-0.15, -0.1) is 0 Å². The monoisotopic (exact) mass is 377 g/mol. The smallest absolute Gasteiger partial charge is 0.196 e. The fourth-order valence-corrected chi connectivity index (χ4v) is 3.37. The van der Waals surface area contributed by atoms with Gasteiger partial charge in [0.05, 0.1) is 11.3 Å². The Morgan fingerprint density at radius 3 is 2.12 bits per heavy atom. The molecule has 0 fully saturated rings. The van der Waals surface area contributed by atoms with Gasteiger partial charge in [-0.1, -0.05) is 58.4 Å². The lowest BCUT2D eigenvalue weighted by atomic mass is 9.83. The molecule has 4 rings (SSSR count). The van der Waals surface area contributed by atoms with Crippen LogP contribution >= 0.6 is 15.9 Å². The normalized spacial score (nSPS) is 12.5. The van der Waals surface area contributed by atoms with Crippen LogP contribution in [-0.2, 0) is 0 Å². The van der Waals surface area contributed by atoms with Gasteiger partial charge in [-0.05, 0) is 24.3 Å². The summed E-state index contributed by atoms with van der Waals surface area (Å²) < 4.78 is 0.935. The van der Waals surface area contributed by atoms with E-state index in [9.17, 15) is 9.59 Å². The van der Waals surface area contributed by atoms with Crippen molar-refractivity contribution in [1.29, 1.82) is 0 Å². The van der Waals surface area contributed by atoms with Crippen LogP contribution in [0.5, 0.6) is 0 Å². The maximum absolute atomic E-state index is 12.9. The number of halogens is 1. The van der Waals surface area contributed by atoms with Gasteiger partial charge in [0.25, 0.3) is 0 Å². The summed E-state index contributed by atoms with van der Waals surface area (Å²) in [5, 5.41) is 3.25. The third-order valence-corrected chi connectivity index (χ3v) is 4.55. The number of benzene rings is 3. The molecule has 1 N–H and O–H groups in total. The molecule has 1 aliphatic carbocycles. The van der Waals surface area contributed by atoms with E-state index in [4.69, 9.17) is 0 Å². The molecule has 0 unspecified atom stereocenters. The maximum atomic E-state index is 12.9. The van der Waals surface area contributed by atoms with E-state index >= 15 is 0 Å². The second-order valence-electron chi connectivity index (χ2n) is 5.57. The molecular formula is C20H12BrNO2. The van der Waals surface area contributed by atoms with Gasteiger partial charge in [-0.2, -0.15) is 0 Å². The molecule has 0 amide bonds. The molecule has 3 nitrogen and oxygen atoms in total. The van der Waals surface area contributed by atoms with Crippen molar-refractivity contribution >= 4 is 38.9 Å². The van der Waals surface area contributed by atoms with Gasteiger partial charge in [0.1, 0.15) is 0 Å². The first-order chi connectivity index (χ1) is 11.6. The fraction of sp³-hybridized carbons (Fsp3) is 0. The number of rotatable bonds is 2. The van der Waals surface area contributed by atoms with Crippen molar-refractivity contribution in [2.45, 2.75) is 0 Å². The average molecular weight is 378 g/mol. The van der Waals surface area contributed by atoms with Crippen molar-refractivity contribution in [3.8, 4) is 0 Å². The molecule has 0 aromatic heterocycles. The molecule has 1 aliphatic rings. The first-order valence-corrected chi connectivity index (χ1v) is 8.28. The Morgan fingerprint density at radius 1 is 0.708 bits per heavy atom. The summed E-state index contributed by atoms with van der Waals surface area (Å²) in [6.45, 7) is 0. The van der Waals surface area contributed by atoms with E-state index in [1.54, 1.807) is 36.4 Å². The number of carbonyl (C=O) groups excluding carboxylic acids is 2. The van der Waals surface area contributed by atoms with Gasteiger partial charge in [-0.3, -0.25) is 9.59 Å². The SMILES string of the molecule is O=C1c2ccccc2C(=O)c2c(Nc3cccc(Br)c3)cccc21. The Balaban J connectivity index is 1.85. The van der Waals surface area contributed by atoms with Crippen LogP contribution in [0.15, 0.2) is 71.2 Å². The van der Waals surface area contributed by atoms with Crippen molar-refractivity contribution in [1.82, 2.24) is 0 Å². The van der Waals surface area contributed by atoms with Crippen LogP contribution in [0, 0.1) is 0 Å². The first-order valence-electron chi connectivity index (χ1n) is 7.49. The summed E-state index contributed by atoms with van der Waals surface area (Å²) in [5.41, 5.74) is 3.28. The Hall–Kier alpha value is -2.72. The van der Waals surface area contributed by atoms with E-state index in [0.29, 0.717) is 27.9 Å². The average Bonchev–Trinajstić information content (AvgIpc) is 2.60. The summed E-state index contributed by atoms with van der Waals surface area (Å²) in [4.78, 5) is 25.7. The number of ketones is 2. The summed E-state index contributed by atoms with van der Waals surface area (Å²) in [6, 6.07) is 19.9. The number of hydrogen-bond acceptors (Lipinski definition) is 3. The number of anilines is 2. The standard InChI is InChI=1S/C20H12BrNO2/c21-12-5-3-6-13(11-12)22-17-10-4-9-16-18(17)20(24)15-8-2-1-7-14(15)19(16)23/h1-11,22H. The zero-order valence-electron chi connectivity index (χ0n) is 12.5. The Morgan fingerprint density at radius 2 is 1.38 bits per heavy atom. The highest BCUT2D eigenvalue weighted by Crippen LogP contribution is 2.33. The van der Waals surface area contributed by atoms with E-state index in [0.717, 1.165) is 10.2 Å². The highest BCUT2D eigenvalue weighted by Gasteiger charge is 2.31. The largest absolute Gasteiger partial charge is 0.355 e. The van der Waals surface area contributed by atoms with Crippen molar-refractivity contribution in [3.63, 3.8) is 0 Å². The van der Waals surface area contributed by atoms with E-state index < -0.39 is 0 Å². The zero-order chi connectivity index (χ0) is 16.7. The predicted molar refractivity (Wildman–Crippen MR) is 97.2 cm³/mol. The number of fused-ring (bicyclic) bond motifs is 2. The van der Waals surface area contributed by atoms with E-state index in [2.05, 4.69) is 21.2 Å². The molecule has 0 heterocycles. The molecule has 0 bridgehead atoms. The molecule has 24 heavy (non-hydrogen) atoms. The maximum Gasteiger partial charge on any atom is 0.196 e. The summed E-state index contributed by atoms with van der Waals surface area (Å²) in [5.74, 6) is -0.239. The van der Waals surface area contributed by atoms with Crippen LogP contribution in [0.3, 0.4) is 0 Å². The predicted octanol–water partition coefficient (Wildman–Crippen LogP) is 4.97. The summed E-state index contributed by atoms with van der Waals surface area (Å²) in [7, 11) is 0. The molecule has 0 spiro atoms. The Labute approximate surface area is 147 Å². The minimum Gasteiger partial charge on any atom is -0.355 e. The van der Waals surface area contributed by atoms with Gasteiger partial charge in [0.15, 0.2) is 11.6 Å². The quantitative estimate of drug-likeness (QED) is 0.536. The van der Waals surface area contributed by atoms with Crippen LogP contribution in [0.25, 0.3) is 0 Å². The lowest BCUT2D eigenvalue weighted by Gasteiger charge is -2.20. The molecule has 0 atom stereocenters. The molecule has 0 saturated heterocycles. The second kappa shape index (κ2) is 5.73. The lowest BCUT2D eigenvalue weighted by molar-refractivity contribution is 0.0979. The van der Waals surface area contributed by atoms with Gasteiger partial charge >= 0.3 is 0 Å². The minimum absolute atomic E-state index is 0.113. The summed E-state index contributed by atoms with van der Waals surface area (Å²) in [6.07, 6.45) is 0. The van der Waals surface area contributed by atoms with Crippen LogP contribution in [0.4, 0.5) is 11.4 Å². The molecular weight excluding hydrogens is 366 g/mol. The topological polar surface area (TPSA) is 46.2 Å². The highest BCUT2D eigenvalue weighted by molar-refractivity contribution is 9.10. The molecule has 0 aliphatic heterocycles. The minimum atomic E-state index is -0.127. The second-order valence-corrected chi connectivity index (χ2v) is 6.48. The van der Waals surface area contributed by atoms with Crippen molar-refractivity contribution < 1.29 is 9.59 Å². The highest BCUT2D eigenvalue weighted by atomic mass is 79.9. The third kappa shape index (κ3) is 2.36. The van der Waals surface area contributed by atoms with E-state index in [1.807, 2.05) is 30.3 Å². The van der Waals surface area contributed by atoms with Crippen molar-refractivity contribution in [2.24, 2.45) is 0 Å². The molecule has 4 heteroatoms. The van der Waals surface area contributed by atoms with Gasteiger partial charge < -0.3 is 5.32 Å². The number of nitrogens with one attached hydrogen (secondary N) is 1. The molecule has 0 saturated carbocycles.